The Kier molecular flexibility index (Phi) is 7.21. The van der Waals surface area contributed by atoms with Crippen molar-refractivity contribution in [1.29, 1.82) is 0 Å². The number of urea groups is 1. The van der Waals surface area contributed by atoms with E-state index in [9.17, 15) is 9.59 Å². The lowest BCUT2D eigenvalue weighted by molar-refractivity contribution is 0.0949. The summed E-state index contributed by atoms with van der Waals surface area (Å²) < 4.78 is 0. The van der Waals surface area contributed by atoms with Gasteiger partial charge in [-0.3, -0.25) is 4.79 Å². The number of nitrogens with zero attached hydrogens (tertiary/aromatic N) is 2. The molecule has 160 valence electrons. The van der Waals surface area contributed by atoms with Crippen LogP contribution in [-0.2, 0) is 0 Å². The molecule has 1 fully saturated rings. The molecular weight excluding hydrogens is 400 g/mol. The fourth-order valence-electron chi connectivity index (χ4n) is 3.36. The summed E-state index contributed by atoms with van der Waals surface area (Å²) in [6, 6.07) is 13.2. The molecule has 0 atom stereocenters. The van der Waals surface area contributed by atoms with Crippen molar-refractivity contribution in [3.63, 3.8) is 0 Å². The summed E-state index contributed by atoms with van der Waals surface area (Å²) in [7, 11) is 0. The summed E-state index contributed by atoms with van der Waals surface area (Å²) in [6.07, 6.45) is 0. The Hall–Kier alpha value is -2.73. The molecule has 0 aliphatic carbocycles. The van der Waals surface area contributed by atoms with E-state index in [-0.39, 0.29) is 11.9 Å². The maximum atomic E-state index is 12.6. The third kappa shape index (κ3) is 5.66. The van der Waals surface area contributed by atoms with Crippen LogP contribution in [0.1, 0.15) is 29.8 Å². The fourth-order valence-corrected chi connectivity index (χ4v) is 3.63. The Morgan fingerprint density at radius 3 is 2.43 bits per heavy atom. The van der Waals surface area contributed by atoms with Crippen LogP contribution in [0.15, 0.2) is 42.5 Å². The van der Waals surface area contributed by atoms with Crippen LogP contribution in [-0.4, -0.2) is 49.6 Å². The largest absolute Gasteiger partial charge is 0.368 e. The molecule has 6 nitrogen and oxygen atoms in total. The Labute approximate surface area is 183 Å². The van der Waals surface area contributed by atoms with Crippen molar-refractivity contribution in [2.75, 3.05) is 42.9 Å². The zero-order valence-corrected chi connectivity index (χ0v) is 18.5. The van der Waals surface area contributed by atoms with Crippen molar-refractivity contribution in [2.45, 2.75) is 20.8 Å². The van der Waals surface area contributed by atoms with Crippen LogP contribution in [0.2, 0.25) is 5.02 Å². The third-order valence-corrected chi connectivity index (χ3v) is 5.38. The highest BCUT2D eigenvalue weighted by atomic mass is 35.5. The first-order valence-corrected chi connectivity index (χ1v) is 10.7. The van der Waals surface area contributed by atoms with Gasteiger partial charge in [0.1, 0.15) is 0 Å². The minimum Gasteiger partial charge on any atom is -0.368 e. The number of nitrogens with one attached hydrogen (secondary N) is 2. The number of amides is 3. The van der Waals surface area contributed by atoms with Gasteiger partial charge in [0.2, 0.25) is 0 Å². The molecule has 0 saturated carbocycles. The Bertz CT molecular complexity index is 908. The molecule has 0 unspecified atom stereocenters. The molecule has 3 amide bonds. The molecule has 0 aromatic heterocycles. The second-order valence-corrected chi connectivity index (χ2v) is 8.45. The molecule has 30 heavy (non-hydrogen) atoms. The van der Waals surface area contributed by atoms with E-state index in [1.807, 2.05) is 13.8 Å². The number of piperazine rings is 1. The van der Waals surface area contributed by atoms with Crippen molar-refractivity contribution in [3.8, 4) is 0 Å². The van der Waals surface area contributed by atoms with Gasteiger partial charge in [-0.2, -0.15) is 0 Å². The van der Waals surface area contributed by atoms with Crippen LogP contribution in [0, 0.1) is 12.8 Å². The topological polar surface area (TPSA) is 64.7 Å². The van der Waals surface area contributed by atoms with Gasteiger partial charge in [0.25, 0.3) is 5.91 Å². The van der Waals surface area contributed by atoms with Crippen molar-refractivity contribution in [3.05, 3.63) is 58.6 Å². The van der Waals surface area contributed by atoms with Gasteiger partial charge in [0, 0.05) is 44.1 Å². The first-order chi connectivity index (χ1) is 14.3. The van der Waals surface area contributed by atoms with E-state index >= 15 is 0 Å². The molecule has 2 aromatic carbocycles. The average Bonchev–Trinajstić information content (AvgIpc) is 2.72. The number of aryl methyl sites for hydroxylation is 1. The van der Waals surface area contributed by atoms with Gasteiger partial charge in [0.05, 0.1) is 10.6 Å². The normalized spacial score (nSPS) is 14.0. The summed E-state index contributed by atoms with van der Waals surface area (Å²) in [4.78, 5) is 29.0. The van der Waals surface area contributed by atoms with Gasteiger partial charge in [-0.25, -0.2) is 4.79 Å². The number of carbonyl (C=O) groups is 2. The molecule has 0 radical (unpaired) electrons. The average molecular weight is 429 g/mol. The Balaban J connectivity index is 1.55. The zero-order valence-electron chi connectivity index (χ0n) is 17.7. The number of halogens is 1. The van der Waals surface area contributed by atoms with Crippen LogP contribution in [0.25, 0.3) is 0 Å². The molecule has 3 rings (SSSR count). The molecule has 2 aromatic rings. The molecule has 7 heteroatoms. The number of hydrogen-bond donors (Lipinski definition) is 2. The van der Waals surface area contributed by atoms with Gasteiger partial charge in [-0.05, 0) is 48.7 Å². The molecule has 0 bridgehead atoms. The van der Waals surface area contributed by atoms with Crippen LogP contribution in [0.5, 0.6) is 0 Å². The molecule has 2 N–H and O–H groups in total. The van der Waals surface area contributed by atoms with E-state index in [0.717, 1.165) is 13.1 Å². The highest BCUT2D eigenvalue weighted by molar-refractivity contribution is 6.34. The first kappa shape index (κ1) is 22.0. The lowest BCUT2D eigenvalue weighted by atomic mass is 10.1. The molecule has 1 heterocycles. The molecule has 1 saturated heterocycles. The zero-order chi connectivity index (χ0) is 21.7. The number of carbonyl (C=O) groups excluding carboxylic acids is 2. The maximum Gasteiger partial charge on any atom is 0.321 e. The first-order valence-electron chi connectivity index (χ1n) is 10.3. The van der Waals surface area contributed by atoms with E-state index in [0.29, 0.717) is 41.8 Å². The number of anilines is 2. The highest BCUT2D eigenvalue weighted by Gasteiger charge is 2.22. The van der Waals surface area contributed by atoms with E-state index in [1.54, 1.807) is 23.1 Å². The Morgan fingerprint density at radius 2 is 1.80 bits per heavy atom. The second-order valence-electron chi connectivity index (χ2n) is 8.04. The van der Waals surface area contributed by atoms with E-state index < -0.39 is 0 Å². The van der Waals surface area contributed by atoms with E-state index in [4.69, 9.17) is 11.6 Å². The quantitative estimate of drug-likeness (QED) is 0.742. The van der Waals surface area contributed by atoms with Crippen LogP contribution in [0.4, 0.5) is 16.2 Å². The smallest absolute Gasteiger partial charge is 0.321 e. The summed E-state index contributed by atoms with van der Waals surface area (Å²) in [6.45, 7) is 9.58. The fraction of sp³-hybridized carbons (Fsp3) is 0.391. The predicted molar refractivity (Wildman–Crippen MR) is 123 cm³/mol. The molecule has 1 aliphatic rings. The maximum absolute atomic E-state index is 12.6. The predicted octanol–water partition coefficient (Wildman–Crippen LogP) is 4.39. The van der Waals surface area contributed by atoms with Crippen LogP contribution < -0.4 is 15.5 Å². The summed E-state index contributed by atoms with van der Waals surface area (Å²) in [5, 5.41) is 6.05. The van der Waals surface area contributed by atoms with E-state index in [2.05, 4.69) is 46.7 Å². The lowest BCUT2D eigenvalue weighted by Gasteiger charge is -2.36. The minimum absolute atomic E-state index is 0.160. The number of hydrogen-bond acceptors (Lipinski definition) is 3. The second kappa shape index (κ2) is 9.85. The molecule has 1 aliphatic heterocycles. The van der Waals surface area contributed by atoms with Gasteiger partial charge in [-0.15, -0.1) is 0 Å². The summed E-state index contributed by atoms with van der Waals surface area (Å²) >= 11 is 6.28. The van der Waals surface area contributed by atoms with Crippen molar-refractivity contribution < 1.29 is 9.59 Å². The standard InChI is InChI=1S/C23H29ClN4O2/c1-16(2)15-25-22(29)20-8-7-18(14-21(20)24)26-23(30)28-11-9-27(10-12-28)19-6-4-5-17(3)13-19/h4-8,13-14,16H,9-12,15H2,1-3H3,(H,25,29)(H,26,30). The van der Waals surface area contributed by atoms with Crippen LogP contribution in [0.3, 0.4) is 0 Å². The monoisotopic (exact) mass is 428 g/mol. The third-order valence-electron chi connectivity index (χ3n) is 5.07. The molecular formula is C23H29ClN4O2. The number of rotatable bonds is 5. The summed E-state index contributed by atoms with van der Waals surface area (Å²) in [5.41, 5.74) is 3.40. The molecule has 0 spiro atoms. The minimum atomic E-state index is -0.209. The lowest BCUT2D eigenvalue weighted by Crippen LogP contribution is -2.50. The number of benzene rings is 2. The van der Waals surface area contributed by atoms with Crippen molar-refractivity contribution in [2.24, 2.45) is 5.92 Å². The van der Waals surface area contributed by atoms with Crippen molar-refractivity contribution >= 4 is 34.9 Å². The highest BCUT2D eigenvalue weighted by Crippen LogP contribution is 2.22. The SMILES string of the molecule is Cc1cccc(N2CCN(C(=O)Nc3ccc(C(=O)NCC(C)C)c(Cl)c3)CC2)c1. The summed E-state index contributed by atoms with van der Waals surface area (Å²) in [5.74, 6) is 0.150. The van der Waals surface area contributed by atoms with Gasteiger partial charge < -0.3 is 20.4 Å². The van der Waals surface area contributed by atoms with Gasteiger partial charge in [-0.1, -0.05) is 37.6 Å². The van der Waals surface area contributed by atoms with Crippen LogP contribution >= 0.6 is 11.6 Å². The Morgan fingerprint density at radius 1 is 1.07 bits per heavy atom. The van der Waals surface area contributed by atoms with Crippen molar-refractivity contribution in [1.82, 2.24) is 10.2 Å². The van der Waals surface area contributed by atoms with Gasteiger partial charge in [0.15, 0.2) is 0 Å². The van der Waals surface area contributed by atoms with E-state index in [1.165, 1.54) is 11.3 Å². The van der Waals surface area contributed by atoms with Gasteiger partial charge >= 0.3 is 6.03 Å².